The molecule has 0 saturated heterocycles. The molecule has 0 spiro atoms. The standard InChI is InChI=1S/C52H35NO/c1-3-11-36(12-4-1)38-21-28-44(29-22-38)53(45-30-23-39(24-31-45)37-13-5-2-6-14-37)46-32-25-40(26-33-46)42-16-9-17-43(35-42)47-19-10-20-50-51(47)49-34-27-41-15-7-8-18-48(41)52(49)54-50/h1-35H. The zero-order valence-corrected chi connectivity index (χ0v) is 29.6. The molecule has 0 saturated carbocycles. The number of anilines is 3. The van der Waals surface area contributed by atoms with Crippen molar-refractivity contribution in [2.24, 2.45) is 0 Å². The summed E-state index contributed by atoms with van der Waals surface area (Å²) in [7, 11) is 0. The van der Waals surface area contributed by atoms with E-state index in [9.17, 15) is 0 Å². The first-order chi connectivity index (χ1) is 26.8. The van der Waals surface area contributed by atoms with Gasteiger partial charge in [0, 0.05) is 33.2 Å². The van der Waals surface area contributed by atoms with Crippen LogP contribution in [0.5, 0.6) is 0 Å². The molecule has 1 aromatic heterocycles. The Morgan fingerprint density at radius 3 is 1.41 bits per heavy atom. The second-order valence-electron chi connectivity index (χ2n) is 13.7. The van der Waals surface area contributed by atoms with Gasteiger partial charge in [0.25, 0.3) is 0 Å². The average Bonchev–Trinajstić information content (AvgIpc) is 3.65. The zero-order chi connectivity index (χ0) is 35.8. The quantitative estimate of drug-likeness (QED) is 0.166. The number of nitrogens with zero attached hydrogens (tertiary/aromatic N) is 1. The van der Waals surface area contributed by atoms with Crippen molar-refractivity contribution in [3.05, 3.63) is 212 Å². The molecule has 0 unspecified atom stereocenters. The molecule has 54 heavy (non-hydrogen) atoms. The molecule has 9 aromatic carbocycles. The molecule has 0 aliphatic heterocycles. The molecular formula is C52H35NO. The van der Waals surface area contributed by atoms with E-state index in [0.29, 0.717) is 0 Å². The maximum atomic E-state index is 6.50. The van der Waals surface area contributed by atoms with Gasteiger partial charge in [-0.05, 0) is 104 Å². The maximum Gasteiger partial charge on any atom is 0.143 e. The van der Waals surface area contributed by atoms with Gasteiger partial charge in [-0.3, -0.25) is 0 Å². The number of fused-ring (bicyclic) bond motifs is 5. The predicted octanol–water partition coefficient (Wildman–Crippen LogP) is 14.9. The number of hydrogen-bond acceptors (Lipinski definition) is 2. The van der Waals surface area contributed by atoms with E-state index in [1.54, 1.807) is 0 Å². The molecule has 1 heterocycles. The van der Waals surface area contributed by atoms with Gasteiger partial charge in [-0.1, -0.05) is 158 Å². The summed E-state index contributed by atoms with van der Waals surface area (Å²) in [6.07, 6.45) is 0. The molecule has 0 N–H and O–H groups in total. The van der Waals surface area contributed by atoms with Crippen LogP contribution >= 0.6 is 0 Å². The molecule has 2 heteroatoms. The van der Waals surface area contributed by atoms with Gasteiger partial charge in [-0.25, -0.2) is 0 Å². The minimum absolute atomic E-state index is 0.905. The van der Waals surface area contributed by atoms with Crippen molar-refractivity contribution < 1.29 is 4.42 Å². The molecule has 0 aliphatic rings. The Morgan fingerprint density at radius 1 is 0.315 bits per heavy atom. The van der Waals surface area contributed by atoms with Gasteiger partial charge in [0.05, 0.1) is 0 Å². The Balaban J connectivity index is 1.02. The Kier molecular flexibility index (Phi) is 7.85. The summed E-state index contributed by atoms with van der Waals surface area (Å²) in [5.74, 6) is 0. The summed E-state index contributed by atoms with van der Waals surface area (Å²) in [4.78, 5) is 2.33. The fourth-order valence-corrected chi connectivity index (χ4v) is 7.78. The fourth-order valence-electron chi connectivity index (χ4n) is 7.78. The van der Waals surface area contributed by atoms with Gasteiger partial charge in [0.1, 0.15) is 11.2 Å². The fraction of sp³-hybridized carbons (Fsp3) is 0. The normalized spacial score (nSPS) is 11.3. The van der Waals surface area contributed by atoms with Gasteiger partial charge in [0.15, 0.2) is 0 Å². The second-order valence-corrected chi connectivity index (χ2v) is 13.7. The van der Waals surface area contributed by atoms with Crippen LogP contribution in [0.15, 0.2) is 217 Å². The third kappa shape index (κ3) is 5.71. The van der Waals surface area contributed by atoms with Crippen LogP contribution in [-0.2, 0) is 0 Å². The highest BCUT2D eigenvalue weighted by Gasteiger charge is 2.16. The first kappa shape index (κ1) is 31.6. The third-order valence-corrected chi connectivity index (χ3v) is 10.5. The Labute approximate surface area is 314 Å². The summed E-state index contributed by atoms with van der Waals surface area (Å²) in [6, 6.07) is 75.8. The summed E-state index contributed by atoms with van der Waals surface area (Å²) in [6.45, 7) is 0. The first-order valence-electron chi connectivity index (χ1n) is 18.4. The summed E-state index contributed by atoms with van der Waals surface area (Å²) < 4.78 is 6.50. The van der Waals surface area contributed by atoms with E-state index in [0.717, 1.165) is 55.5 Å². The van der Waals surface area contributed by atoms with Gasteiger partial charge in [-0.2, -0.15) is 0 Å². The summed E-state index contributed by atoms with van der Waals surface area (Å²) in [5, 5.41) is 4.61. The van der Waals surface area contributed by atoms with E-state index in [1.165, 1.54) is 38.8 Å². The van der Waals surface area contributed by atoms with Gasteiger partial charge in [-0.15, -0.1) is 0 Å². The van der Waals surface area contributed by atoms with Crippen LogP contribution in [0.25, 0.3) is 77.2 Å². The van der Waals surface area contributed by atoms with E-state index in [4.69, 9.17) is 4.42 Å². The maximum absolute atomic E-state index is 6.50. The zero-order valence-electron chi connectivity index (χ0n) is 29.6. The predicted molar refractivity (Wildman–Crippen MR) is 228 cm³/mol. The van der Waals surface area contributed by atoms with Crippen LogP contribution in [0.4, 0.5) is 17.1 Å². The molecule has 0 radical (unpaired) electrons. The van der Waals surface area contributed by atoms with Crippen molar-refractivity contribution in [3.63, 3.8) is 0 Å². The van der Waals surface area contributed by atoms with E-state index >= 15 is 0 Å². The van der Waals surface area contributed by atoms with Crippen LogP contribution in [0.2, 0.25) is 0 Å². The topological polar surface area (TPSA) is 16.4 Å². The number of hydrogen-bond donors (Lipinski definition) is 0. The van der Waals surface area contributed by atoms with Crippen molar-refractivity contribution in [2.45, 2.75) is 0 Å². The minimum atomic E-state index is 0.905. The Bertz CT molecular complexity index is 2810. The van der Waals surface area contributed by atoms with Crippen LogP contribution in [0.3, 0.4) is 0 Å². The largest absolute Gasteiger partial charge is 0.455 e. The molecule has 2 nitrogen and oxygen atoms in total. The SMILES string of the molecule is c1ccc(-c2ccc(N(c3ccc(-c4ccccc4)cc3)c3ccc(-c4cccc(-c5cccc6oc7c8ccccc8ccc7c56)c4)cc3)cc2)cc1. The van der Waals surface area contributed by atoms with Gasteiger partial charge in [0.2, 0.25) is 0 Å². The van der Waals surface area contributed by atoms with Gasteiger partial charge >= 0.3 is 0 Å². The highest BCUT2D eigenvalue weighted by Crippen LogP contribution is 2.41. The molecule has 0 aliphatic carbocycles. The number of rotatable bonds is 7. The van der Waals surface area contributed by atoms with Gasteiger partial charge < -0.3 is 9.32 Å². The molecule has 0 atom stereocenters. The van der Waals surface area contributed by atoms with E-state index < -0.39 is 0 Å². The molecule has 0 amide bonds. The average molecular weight is 690 g/mol. The van der Waals surface area contributed by atoms with E-state index in [2.05, 4.69) is 217 Å². The number of furan rings is 1. The smallest absolute Gasteiger partial charge is 0.143 e. The van der Waals surface area contributed by atoms with Crippen LogP contribution in [-0.4, -0.2) is 0 Å². The first-order valence-corrected chi connectivity index (χ1v) is 18.4. The molecule has 0 fully saturated rings. The highest BCUT2D eigenvalue weighted by molar-refractivity contribution is 6.19. The molecule has 10 aromatic rings. The lowest BCUT2D eigenvalue weighted by molar-refractivity contribution is 0.673. The van der Waals surface area contributed by atoms with Crippen molar-refractivity contribution in [3.8, 4) is 44.5 Å². The summed E-state index contributed by atoms with van der Waals surface area (Å²) in [5.41, 5.74) is 14.6. The van der Waals surface area contributed by atoms with Crippen molar-refractivity contribution >= 4 is 49.8 Å². The Hall–Kier alpha value is -7.16. The lowest BCUT2D eigenvalue weighted by Crippen LogP contribution is -2.09. The second kappa shape index (κ2) is 13.4. The molecule has 10 rings (SSSR count). The van der Waals surface area contributed by atoms with Crippen LogP contribution in [0, 0.1) is 0 Å². The van der Waals surface area contributed by atoms with E-state index in [-0.39, 0.29) is 0 Å². The molecule has 0 bridgehead atoms. The number of benzene rings is 9. The lowest BCUT2D eigenvalue weighted by atomic mass is 9.95. The van der Waals surface area contributed by atoms with Crippen LogP contribution in [0.1, 0.15) is 0 Å². The third-order valence-electron chi connectivity index (χ3n) is 10.5. The highest BCUT2D eigenvalue weighted by atomic mass is 16.3. The Morgan fingerprint density at radius 2 is 0.796 bits per heavy atom. The summed E-state index contributed by atoms with van der Waals surface area (Å²) >= 11 is 0. The molecule has 254 valence electrons. The van der Waals surface area contributed by atoms with Crippen molar-refractivity contribution in [1.82, 2.24) is 0 Å². The molecular weight excluding hydrogens is 655 g/mol. The monoisotopic (exact) mass is 689 g/mol. The lowest BCUT2D eigenvalue weighted by Gasteiger charge is -2.26. The van der Waals surface area contributed by atoms with E-state index in [1.807, 2.05) is 0 Å². The van der Waals surface area contributed by atoms with Crippen molar-refractivity contribution in [1.29, 1.82) is 0 Å². The van der Waals surface area contributed by atoms with Crippen LogP contribution < -0.4 is 4.90 Å². The minimum Gasteiger partial charge on any atom is -0.455 e. The van der Waals surface area contributed by atoms with Crippen molar-refractivity contribution in [2.75, 3.05) is 4.90 Å².